The Kier molecular flexibility index (Phi) is 5.61. The van der Waals surface area contributed by atoms with Gasteiger partial charge in [0.2, 0.25) is 5.78 Å². The van der Waals surface area contributed by atoms with E-state index in [0.717, 1.165) is 6.42 Å². The minimum absolute atomic E-state index is 0. The number of aryl methyl sites for hydroxylation is 2. The Morgan fingerprint density at radius 3 is 2.70 bits per heavy atom. The van der Waals surface area contributed by atoms with E-state index in [-0.39, 0.29) is 23.8 Å². The van der Waals surface area contributed by atoms with Crippen LogP contribution >= 0.6 is 12.4 Å². The Morgan fingerprint density at radius 1 is 1.07 bits per heavy atom. The third-order valence-corrected chi connectivity index (χ3v) is 4.23. The molecule has 0 bridgehead atoms. The molecule has 8 heteroatoms. The number of benzene rings is 1. The topological polar surface area (TPSA) is 65.1 Å². The van der Waals surface area contributed by atoms with E-state index in [4.69, 9.17) is 0 Å². The van der Waals surface area contributed by atoms with E-state index in [1.54, 1.807) is 30.6 Å². The summed E-state index contributed by atoms with van der Waals surface area (Å²) in [4.78, 5) is 24.9. The summed E-state index contributed by atoms with van der Waals surface area (Å²) >= 11 is 0. The van der Waals surface area contributed by atoms with Gasteiger partial charge in [-0.3, -0.25) is 9.20 Å². The number of imidazole rings is 1. The second kappa shape index (κ2) is 8.09. The monoisotopic (exact) mass is 385 g/mol. The molecule has 0 N–H and O–H groups in total. The van der Waals surface area contributed by atoms with Crippen LogP contribution in [0.1, 0.15) is 12.0 Å². The first-order chi connectivity index (χ1) is 12.7. The lowest BCUT2D eigenvalue weighted by Crippen LogP contribution is -2.14. The van der Waals surface area contributed by atoms with Crippen LogP contribution in [-0.4, -0.2) is 23.9 Å². The van der Waals surface area contributed by atoms with Crippen LogP contribution in [0.5, 0.6) is 0 Å². The zero-order chi connectivity index (χ0) is 17.9. The zero-order valence-electron chi connectivity index (χ0n) is 14.3. The molecule has 0 radical (unpaired) electrons. The molecule has 0 saturated heterocycles. The van der Waals surface area contributed by atoms with Gasteiger partial charge in [0.15, 0.2) is 0 Å². The van der Waals surface area contributed by atoms with Gasteiger partial charge in [-0.2, -0.15) is 0 Å². The van der Waals surface area contributed by atoms with Crippen molar-refractivity contribution in [1.29, 1.82) is 0 Å². The van der Waals surface area contributed by atoms with E-state index in [1.807, 2.05) is 16.8 Å². The fourth-order valence-electron chi connectivity index (χ4n) is 2.92. The molecule has 0 aliphatic heterocycles. The number of aromatic nitrogens is 5. The fraction of sp³-hybridized carbons (Fsp3) is 0.158. The standard InChI is InChI=1S/C19H16FN5O.ClH/c20-15-6-2-1-4-14(15)5-3-9-24-10-11-25-18(26)12-17(23-19(24)25)16-7-8-21-13-22-16;/h1-2,4,6-8,10-13H,3,5,9H2;1H. The zero-order valence-corrected chi connectivity index (χ0v) is 15.1. The minimum atomic E-state index is -0.190. The van der Waals surface area contributed by atoms with Gasteiger partial charge in [-0.15, -0.1) is 12.4 Å². The van der Waals surface area contributed by atoms with Crippen molar-refractivity contribution in [1.82, 2.24) is 23.9 Å². The first-order valence-electron chi connectivity index (χ1n) is 8.31. The number of fused-ring (bicyclic) bond motifs is 1. The number of nitrogens with zero attached hydrogens (tertiary/aromatic N) is 5. The first kappa shape index (κ1) is 18.7. The molecule has 0 amide bonds. The molecule has 3 aromatic heterocycles. The highest BCUT2D eigenvalue weighted by atomic mass is 35.5. The highest BCUT2D eigenvalue weighted by Crippen LogP contribution is 2.14. The van der Waals surface area contributed by atoms with Crippen LogP contribution in [0.4, 0.5) is 4.39 Å². The summed E-state index contributed by atoms with van der Waals surface area (Å²) in [6.45, 7) is 0.629. The average Bonchev–Trinajstić information content (AvgIpc) is 3.08. The van der Waals surface area contributed by atoms with Crippen molar-refractivity contribution in [2.24, 2.45) is 0 Å². The van der Waals surface area contributed by atoms with E-state index >= 15 is 0 Å². The van der Waals surface area contributed by atoms with Gasteiger partial charge in [0, 0.05) is 31.2 Å². The van der Waals surface area contributed by atoms with Gasteiger partial charge in [-0.05, 0) is 30.5 Å². The van der Waals surface area contributed by atoms with Gasteiger partial charge >= 0.3 is 0 Å². The molecule has 4 rings (SSSR count). The van der Waals surface area contributed by atoms with Gasteiger partial charge in [0.05, 0.1) is 11.4 Å². The molecule has 0 saturated carbocycles. The van der Waals surface area contributed by atoms with Gasteiger partial charge in [0.25, 0.3) is 5.56 Å². The molecule has 0 spiro atoms. The van der Waals surface area contributed by atoms with Gasteiger partial charge < -0.3 is 4.57 Å². The molecular formula is C19H17ClFN5O. The van der Waals surface area contributed by atoms with Crippen molar-refractivity contribution in [3.63, 3.8) is 0 Å². The molecule has 3 heterocycles. The molecule has 0 aliphatic rings. The quantitative estimate of drug-likeness (QED) is 0.529. The Hall–Kier alpha value is -3.06. The molecule has 0 fully saturated rings. The summed E-state index contributed by atoms with van der Waals surface area (Å²) in [5.41, 5.74) is 1.62. The van der Waals surface area contributed by atoms with Crippen LogP contribution in [-0.2, 0) is 13.0 Å². The van der Waals surface area contributed by atoms with Gasteiger partial charge in [0.1, 0.15) is 12.1 Å². The van der Waals surface area contributed by atoms with Crippen molar-refractivity contribution in [2.45, 2.75) is 19.4 Å². The van der Waals surface area contributed by atoms with E-state index in [2.05, 4.69) is 15.0 Å². The Bertz CT molecular complexity index is 1110. The van der Waals surface area contributed by atoms with Crippen LogP contribution in [0.25, 0.3) is 17.2 Å². The number of hydrogen-bond acceptors (Lipinski definition) is 4. The molecule has 1 aromatic carbocycles. The molecule has 0 unspecified atom stereocenters. The molecular weight excluding hydrogens is 369 g/mol. The van der Waals surface area contributed by atoms with Crippen molar-refractivity contribution < 1.29 is 4.39 Å². The highest BCUT2D eigenvalue weighted by Gasteiger charge is 2.10. The van der Waals surface area contributed by atoms with Crippen molar-refractivity contribution in [3.8, 4) is 11.4 Å². The molecule has 4 aromatic rings. The normalized spacial score (nSPS) is 10.7. The Labute approximate surface area is 160 Å². The third-order valence-electron chi connectivity index (χ3n) is 4.23. The second-order valence-electron chi connectivity index (χ2n) is 5.93. The predicted octanol–water partition coefficient (Wildman–Crippen LogP) is 3.15. The number of rotatable bonds is 5. The summed E-state index contributed by atoms with van der Waals surface area (Å²) in [5.74, 6) is 0.352. The van der Waals surface area contributed by atoms with Crippen molar-refractivity contribution in [3.05, 3.63) is 83.1 Å². The second-order valence-corrected chi connectivity index (χ2v) is 5.93. The largest absolute Gasteiger partial charge is 0.317 e. The smallest absolute Gasteiger partial charge is 0.259 e. The highest BCUT2D eigenvalue weighted by molar-refractivity contribution is 5.85. The number of halogens is 2. The molecule has 27 heavy (non-hydrogen) atoms. The van der Waals surface area contributed by atoms with Crippen molar-refractivity contribution >= 4 is 18.2 Å². The fourth-order valence-corrected chi connectivity index (χ4v) is 2.92. The SMILES string of the molecule is Cl.O=c1cc(-c2ccncn2)nc2n(CCCc3ccccc3F)ccn12. The predicted molar refractivity (Wildman–Crippen MR) is 102 cm³/mol. The maximum Gasteiger partial charge on any atom is 0.259 e. The lowest BCUT2D eigenvalue weighted by Gasteiger charge is -2.06. The van der Waals surface area contributed by atoms with Crippen LogP contribution in [0.3, 0.4) is 0 Å². The molecule has 0 aliphatic carbocycles. The Morgan fingerprint density at radius 2 is 1.93 bits per heavy atom. The van der Waals surface area contributed by atoms with Crippen LogP contribution < -0.4 is 5.56 Å². The van der Waals surface area contributed by atoms with E-state index in [1.165, 1.54) is 22.9 Å². The van der Waals surface area contributed by atoms with Crippen LogP contribution in [0.2, 0.25) is 0 Å². The van der Waals surface area contributed by atoms with Crippen molar-refractivity contribution in [2.75, 3.05) is 0 Å². The third kappa shape index (κ3) is 3.88. The number of hydrogen-bond donors (Lipinski definition) is 0. The van der Waals surface area contributed by atoms with Crippen LogP contribution in [0.15, 0.2) is 66.1 Å². The summed E-state index contributed by atoms with van der Waals surface area (Å²) in [6.07, 6.45) is 7.89. The minimum Gasteiger partial charge on any atom is -0.317 e. The maximum absolute atomic E-state index is 13.7. The summed E-state index contributed by atoms with van der Waals surface area (Å²) in [7, 11) is 0. The van der Waals surface area contributed by atoms with E-state index < -0.39 is 0 Å². The molecule has 138 valence electrons. The van der Waals surface area contributed by atoms with E-state index in [9.17, 15) is 9.18 Å². The lowest BCUT2D eigenvalue weighted by molar-refractivity contribution is 0.589. The molecule has 6 nitrogen and oxygen atoms in total. The first-order valence-corrected chi connectivity index (χ1v) is 8.31. The molecule has 0 atom stereocenters. The Balaban J connectivity index is 0.00000210. The average molecular weight is 386 g/mol. The lowest BCUT2D eigenvalue weighted by atomic mass is 10.1. The maximum atomic E-state index is 13.7. The van der Waals surface area contributed by atoms with Gasteiger partial charge in [-0.25, -0.2) is 19.3 Å². The van der Waals surface area contributed by atoms with E-state index in [0.29, 0.717) is 35.7 Å². The van der Waals surface area contributed by atoms with Crippen LogP contribution in [0, 0.1) is 5.82 Å². The summed E-state index contributed by atoms with van der Waals surface area (Å²) in [6, 6.07) is 9.94. The van der Waals surface area contributed by atoms with Gasteiger partial charge in [-0.1, -0.05) is 18.2 Å². The summed E-state index contributed by atoms with van der Waals surface area (Å²) in [5, 5.41) is 0. The summed E-state index contributed by atoms with van der Waals surface area (Å²) < 4.78 is 17.1.